The third-order valence-corrected chi connectivity index (χ3v) is 4.88. The number of non-ortho nitro benzene ring substituents is 1. The summed E-state index contributed by atoms with van der Waals surface area (Å²) in [4.78, 5) is 27.2. The van der Waals surface area contributed by atoms with Crippen molar-refractivity contribution in [3.63, 3.8) is 0 Å². The average molecular weight is 393 g/mol. The van der Waals surface area contributed by atoms with E-state index in [0.29, 0.717) is 22.0 Å². The lowest BCUT2D eigenvalue weighted by Gasteiger charge is -2.08. The van der Waals surface area contributed by atoms with E-state index in [0.717, 1.165) is 16.9 Å². The van der Waals surface area contributed by atoms with Crippen molar-refractivity contribution in [3.8, 4) is 23.1 Å². The lowest BCUT2D eigenvalue weighted by atomic mass is 10.1. The molecule has 140 valence electrons. The molecule has 0 aliphatic carbocycles. The number of ketones is 1. The van der Waals surface area contributed by atoms with Crippen LogP contribution in [-0.4, -0.2) is 22.3 Å². The Morgan fingerprint density at radius 3 is 2.75 bits per heavy atom. The highest BCUT2D eigenvalue weighted by atomic mass is 32.1. The lowest BCUT2D eigenvalue weighted by molar-refractivity contribution is -0.384. The van der Waals surface area contributed by atoms with Crippen LogP contribution in [0.5, 0.6) is 5.75 Å². The first kappa shape index (κ1) is 19.2. The molecule has 1 aromatic heterocycles. The number of aromatic nitrogens is 1. The van der Waals surface area contributed by atoms with Gasteiger partial charge in [0.25, 0.3) is 5.69 Å². The van der Waals surface area contributed by atoms with Crippen LogP contribution in [-0.2, 0) is 4.79 Å². The molecule has 1 atom stereocenters. The van der Waals surface area contributed by atoms with Crippen LogP contribution in [0.3, 0.4) is 0 Å². The number of nitro benzene ring substituents is 1. The van der Waals surface area contributed by atoms with Gasteiger partial charge in [0.2, 0.25) is 0 Å². The molecule has 3 rings (SSSR count). The fraction of sp³-hybridized carbons (Fsp3) is 0.150. The molecule has 0 aliphatic heterocycles. The zero-order chi connectivity index (χ0) is 20.1. The Kier molecular flexibility index (Phi) is 5.77. The zero-order valence-corrected chi connectivity index (χ0v) is 15.7. The van der Waals surface area contributed by atoms with Gasteiger partial charge in [-0.2, -0.15) is 5.26 Å². The van der Waals surface area contributed by atoms with Gasteiger partial charge < -0.3 is 4.74 Å². The Morgan fingerprint density at radius 2 is 2.07 bits per heavy atom. The van der Waals surface area contributed by atoms with Crippen molar-refractivity contribution in [2.75, 3.05) is 6.61 Å². The van der Waals surface area contributed by atoms with Crippen LogP contribution in [0.25, 0.3) is 11.3 Å². The smallest absolute Gasteiger partial charge is 0.270 e. The summed E-state index contributed by atoms with van der Waals surface area (Å²) in [6.45, 7) is 1.70. The molecule has 0 amide bonds. The summed E-state index contributed by atoms with van der Waals surface area (Å²) in [6.07, 6.45) is 0. The fourth-order valence-corrected chi connectivity index (χ4v) is 3.36. The predicted octanol–water partition coefficient (Wildman–Crippen LogP) is 4.28. The van der Waals surface area contributed by atoms with Gasteiger partial charge in [0.1, 0.15) is 17.4 Å². The second-order valence-corrected chi connectivity index (χ2v) is 6.90. The molecule has 0 aliphatic rings. The number of rotatable bonds is 7. The summed E-state index contributed by atoms with van der Waals surface area (Å²) in [5.41, 5.74) is 2.06. The van der Waals surface area contributed by atoms with Gasteiger partial charge in [0, 0.05) is 23.1 Å². The van der Waals surface area contributed by atoms with Crippen molar-refractivity contribution in [1.29, 1.82) is 5.26 Å². The Balaban J connectivity index is 1.73. The maximum atomic E-state index is 12.4. The Hall–Kier alpha value is -3.57. The third kappa shape index (κ3) is 4.39. The summed E-state index contributed by atoms with van der Waals surface area (Å²) in [6, 6.07) is 15.3. The van der Waals surface area contributed by atoms with Crippen molar-refractivity contribution in [1.82, 2.24) is 4.98 Å². The average Bonchev–Trinajstić information content (AvgIpc) is 3.18. The van der Waals surface area contributed by atoms with E-state index in [9.17, 15) is 20.2 Å². The van der Waals surface area contributed by atoms with Crippen molar-refractivity contribution in [3.05, 3.63) is 74.6 Å². The third-order valence-electron chi connectivity index (χ3n) is 3.97. The maximum absolute atomic E-state index is 12.4. The van der Waals surface area contributed by atoms with E-state index in [2.05, 4.69) is 4.98 Å². The van der Waals surface area contributed by atoms with Gasteiger partial charge in [-0.1, -0.05) is 29.8 Å². The number of Topliss-reactive ketones (excluding diaryl/α,β-unsaturated/α-hetero) is 1. The van der Waals surface area contributed by atoms with Gasteiger partial charge in [0.15, 0.2) is 11.7 Å². The minimum absolute atomic E-state index is 0.0496. The van der Waals surface area contributed by atoms with Crippen molar-refractivity contribution in [2.45, 2.75) is 12.8 Å². The first-order valence-corrected chi connectivity index (χ1v) is 9.18. The number of carbonyl (C=O) groups is 1. The number of thiazole rings is 1. The number of hydrogen-bond acceptors (Lipinski definition) is 7. The van der Waals surface area contributed by atoms with Crippen LogP contribution < -0.4 is 4.74 Å². The van der Waals surface area contributed by atoms with E-state index in [-0.39, 0.29) is 12.3 Å². The van der Waals surface area contributed by atoms with E-state index in [4.69, 9.17) is 4.74 Å². The van der Waals surface area contributed by atoms with E-state index in [1.54, 1.807) is 29.6 Å². The summed E-state index contributed by atoms with van der Waals surface area (Å²) >= 11 is 1.16. The maximum Gasteiger partial charge on any atom is 0.270 e. The first-order valence-electron chi connectivity index (χ1n) is 8.30. The van der Waals surface area contributed by atoms with E-state index in [1.165, 1.54) is 12.1 Å². The van der Waals surface area contributed by atoms with Gasteiger partial charge in [-0.3, -0.25) is 14.9 Å². The summed E-state index contributed by atoms with van der Waals surface area (Å²) in [7, 11) is 0. The van der Waals surface area contributed by atoms with Crippen LogP contribution >= 0.6 is 11.3 Å². The number of nitriles is 1. The molecule has 0 bridgehead atoms. The SMILES string of the molecule is Cc1ccc(OCC(=O)C(C#N)c2nc(-c3cccc([N+](=O)[O-])c3)cs2)cc1. The van der Waals surface area contributed by atoms with Gasteiger partial charge in [-0.25, -0.2) is 4.98 Å². The normalized spacial score (nSPS) is 11.4. The first-order chi connectivity index (χ1) is 13.5. The molecule has 0 spiro atoms. The van der Waals surface area contributed by atoms with Crippen LogP contribution in [0.1, 0.15) is 16.5 Å². The van der Waals surface area contributed by atoms with Crippen molar-refractivity contribution < 1.29 is 14.5 Å². The summed E-state index contributed by atoms with van der Waals surface area (Å²) in [5.74, 6) is -0.905. The number of ether oxygens (including phenoxy) is 1. The number of aryl methyl sites for hydroxylation is 1. The van der Waals surface area contributed by atoms with Crippen molar-refractivity contribution in [2.24, 2.45) is 0 Å². The number of carbonyl (C=O) groups excluding carboxylic acids is 1. The molecule has 1 unspecified atom stereocenters. The Labute approximate surface area is 165 Å². The Bertz CT molecular complexity index is 1050. The molecule has 1 heterocycles. The van der Waals surface area contributed by atoms with E-state index in [1.807, 2.05) is 25.1 Å². The fourth-order valence-electron chi connectivity index (χ4n) is 2.47. The topological polar surface area (TPSA) is 106 Å². The predicted molar refractivity (Wildman–Crippen MR) is 104 cm³/mol. The minimum Gasteiger partial charge on any atom is -0.486 e. The highest BCUT2D eigenvalue weighted by Gasteiger charge is 2.24. The molecular formula is C20H15N3O4S. The zero-order valence-electron chi connectivity index (χ0n) is 14.9. The van der Waals surface area contributed by atoms with Gasteiger partial charge >= 0.3 is 0 Å². The molecule has 0 N–H and O–H groups in total. The molecule has 2 aromatic carbocycles. The van der Waals surface area contributed by atoms with Crippen molar-refractivity contribution >= 4 is 22.8 Å². The van der Waals surface area contributed by atoms with Gasteiger partial charge in [0.05, 0.1) is 16.7 Å². The highest BCUT2D eigenvalue weighted by molar-refractivity contribution is 7.10. The summed E-state index contributed by atoms with van der Waals surface area (Å²) in [5, 5.41) is 22.4. The number of benzene rings is 2. The molecule has 0 fully saturated rings. The second kappa shape index (κ2) is 8.41. The monoisotopic (exact) mass is 393 g/mol. The van der Waals surface area contributed by atoms with Crippen LogP contribution in [0, 0.1) is 28.4 Å². The van der Waals surface area contributed by atoms with E-state index < -0.39 is 16.6 Å². The van der Waals surface area contributed by atoms with Crippen LogP contribution in [0.2, 0.25) is 0 Å². The standard InChI is InChI=1S/C20H15N3O4S/c1-13-5-7-16(8-6-13)27-11-19(24)17(10-21)20-22-18(12-28-20)14-3-2-4-15(9-14)23(25)26/h2-9,12,17H,11H2,1H3. The molecule has 0 saturated heterocycles. The molecule has 0 radical (unpaired) electrons. The van der Waals surface area contributed by atoms with Gasteiger partial charge in [-0.15, -0.1) is 11.3 Å². The quantitative estimate of drug-likeness (QED) is 0.438. The number of hydrogen-bond donors (Lipinski definition) is 0. The Morgan fingerprint density at radius 1 is 1.32 bits per heavy atom. The lowest BCUT2D eigenvalue weighted by Crippen LogP contribution is -2.19. The second-order valence-electron chi connectivity index (χ2n) is 6.01. The molecule has 7 nitrogen and oxygen atoms in total. The minimum atomic E-state index is -1.05. The number of nitro groups is 1. The molecule has 3 aromatic rings. The van der Waals surface area contributed by atoms with E-state index >= 15 is 0 Å². The largest absolute Gasteiger partial charge is 0.486 e. The van der Waals surface area contributed by atoms with Crippen LogP contribution in [0.4, 0.5) is 5.69 Å². The van der Waals surface area contributed by atoms with Crippen LogP contribution in [0.15, 0.2) is 53.9 Å². The number of nitrogens with zero attached hydrogens (tertiary/aromatic N) is 3. The molecule has 28 heavy (non-hydrogen) atoms. The molecule has 8 heteroatoms. The molecule has 0 saturated carbocycles. The molecular weight excluding hydrogens is 378 g/mol. The highest BCUT2D eigenvalue weighted by Crippen LogP contribution is 2.29. The van der Waals surface area contributed by atoms with Gasteiger partial charge in [-0.05, 0) is 19.1 Å². The summed E-state index contributed by atoms with van der Waals surface area (Å²) < 4.78 is 5.46.